The number of ether oxygens (including phenoxy) is 1. The minimum Gasteiger partial charge on any atom is -0.427 e. The summed E-state index contributed by atoms with van der Waals surface area (Å²) in [6, 6.07) is 0. The van der Waals surface area contributed by atoms with Crippen molar-refractivity contribution >= 4 is 13.7 Å². The van der Waals surface area contributed by atoms with Crippen molar-refractivity contribution in [3.05, 3.63) is 0 Å². The molecule has 0 aromatic rings. The van der Waals surface area contributed by atoms with Crippen LogP contribution in [0, 0.1) is 0 Å². The molecule has 4 nitrogen and oxygen atoms in total. The lowest BCUT2D eigenvalue weighted by Crippen LogP contribution is -1.96. The molecule has 0 N–H and O–H groups in total. The second-order valence-corrected chi connectivity index (χ2v) is 2.53. The van der Waals surface area contributed by atoms with Crippen LogP contribution < -0.4 is 0 Å². The molecule has 0 aliphatic carbocycles. The Morgan fingerprint density at radius 1 is 1.70 bits per heavy atom. The third kappa shape index (κ3) is 3.58. The Labute approximate surface area is 58.2 Å². The Bertz CT molecular complexity index is 121. The molecule has 1 unspecified atom stereocenters. The molecule has 0 saturated heterocycles. The lowest BCUT2D eigenvalue weighted by molar-refractivity contribution is 0.117. The predicted molar refractivity (Wildman–Crippen MR) is 33.1 cm³/mol. The van der Waals surface area contributed by atoms with Crippen LogP contribution >= 0.6 is 8.03 Å². The normalized spacial score (nSPS) is 12.6. The highest BCUT2D eigenvalue weighted by atomic mass is 31.1. The summed E-state index contributed by atoms with van der Waals surface area (Å²) in [7, 11) is -2.83. The topological polar surface area (TPSA) is 52.6 Å². The summed E-state index contributed by atoms with van der Waals surface area (Å²) in [6.45, 7) is 0.465. The van der Waals surface area contributed by atoms with Gasteiger partial charge in [0, 0.05) is 0 Å². The molecule has 1 atom stereocenters. The van der Waals surface area contributed by atoms with Crippen LogP contribution in [0.25, 0.3) is 0 Å². The highest BCUT2D eigenvalue weighted by molar-refractivity contribution is 7.58. The molecule has 0 amide bonds. The average molecular weight is 170 g/mol. The van der Waals surface area contributed by atoms with Crippen molar-refractivity contribution in [2.45, 2.75) is 6.92 Å². The number of rotatable bonds is 4. The van der Waals surface area contributed by atoms with Crippen LogP contribution in [0.5, 0.6) is 0 Å². The largest absolute Gasteiger partial charge is 0.427 e. The Balaban J connectivity index is 3.60. The molecule has 0 bridgehead atoms. The van der Waals surface area contributed by atoms with Gasteiger partial charge in [-0.25, -0.2) is 9.18 Å². The molecule has 0 aromatic heterocycles. The molecule has 0 rings (SSSR count). The maximum Gasteiger partial charge on any atom is 0.390 e. The van der Waals surface area contributed by atoms with Crippen molar-refractivity contribution in [3.8, 4) is 0 Å². The Kier molecular flexibility index (Phi) is 5.16. The van der Waals surface area contributed by atoms with Gasteiger partial charge >= 0.3 is 5.71 Å². The average Bonchev–Trinajstić information content (AvgIpc) is 1.89. The number of hydrogen-bond acceptors (Lipinski definition) is 4. The van der Waals surface area contributed by atoms with Gasteiger partial charge in [-0.05, 0) is 6.92 Å². The van der Waals surface area contributed by atoms with E-state index in [0.717, 1.165) is 0 Å². The summed E-state index contributed by atoms with van der Waals surface area (Å²) >= 11 is 0. The predicted octanol–water partition coefficient (Wildman–Crippen LogP) is 1.56. The SMILES string of the molecule is CCO[PH](=O)C(=O)OCF. The Morgan fingerprint density at radius 2 is 2.30 bits per heavy atom. The fourth-order valence-electron chi connectivity index (χ4n) is 0.298. The van der Waals surface area contributed by atoms with Crippen LogP contribution in [0.3, 0.4) is 0 Å². The minimum atomic E-state index is -2.83. The summed E-state index contributed by atoms with van der Waals surface area (Å²) in [5.74, 6) is 0. The first-order valence-corrected chi connectivity index (χ1v) is 3.93. The van der Waals surface area contributed by atoms with E-state index in [9.17, 15) is 13.8 Å². The van der Waals surface area contributed by atoms with Crippen molar-refractivity contribution in [2.75, 3.05) is 13.5 Å². The molecule has 0 aromatic carbocycles. The molecule has 0 radical (unpaired) electrons. The fraction of sp³-hybridized carbons (Fsp3) is 0.750. The zero-order valence-corrected chi connectivity index (χ0v) is 6.43. The van der Waals surface area contributed by atoms with E-state index >= 15 is 0 Å². The number of carbonyl (C=O) groups is 1. The van der Waals surface area contributed by atoms with Gasteiger partial charge in [0.1, 0.15) is 0 Å². The third-order valence-corrected chi connectivity index (χ3v) is 1.66. The van der Waals surface area contributed by atoms with E-state index in [1.54, 1.807) is 6.92 Å². The summed E-state index contributed by atoms with van der Waals surface area (Å²) < 4.78 is 29.8. The Hall–Kier alpha value is -0.410. The van der Waals surface area contributed by atoms with Gasteiger partial charge in [-0.1, -0.05) is 0 Å². The van der Waals surface area contributed by atoms with E-state index in [0.29, 0.717) is 0 Å². The molecule has 6 heteroatoms. The molecule has 0 fully saturated rings. The summed E-state index contributed by atoms with van der Waals surface area (Å²) in [5, 5.41) is 0. The van der Waals surface area contributed by atoms with Crippen molar-refractivity contribution in [1.29, 1.82) is 0 Å². The van der Waals surface area contributed by atoms with E-state index in [1.165, 1.54) is 0 Å². The van der Waals surface area contributed by atoms with Gasteiger partial charge in [0.15, 0.2) is 0 Å². The van der Waals surface area contributed by atoms with Crippen LogP contribution in [0.2, 0.25) is 0 Å². The zero-order chi connectivity index (χ0) is 7.98. The van der Waals surface area contributed by atoms with Crippen molar-refractivity contribution in [1.82, 2.24) is 0 Å². The lowest BCUT2D eigenvalue weighted by atomic mass is 10.9. The van der Waals surface area contributed by atoms with E-state index in [1.807, 2.05) is 0 Å². The molecular weight excluding hydrogens is 162 g/mol. The van der Waals surface area contributed by atoms with Gasteiger partial charge in [-0.3, -0.25) is 4.57 Å². The van der Waals surface area contributed by atoms with Crippen LogP contribution in [-0.4, -0.2) is 19.2 Å². The van der Waals surface area contributed by atoms with Crippen molar-refractivity contribution in [2.24, 2.45) is 0 Å². The standard InChI is InChI=1S/C4H8FO4P/c1-2-9-10(7)4(6)8-3-5/h10H,2-3H2,1H3. The number of halogens is 1. The van der Waals surface area contributed by atoms with Crippen molar-refractivity contribution < 1.29 is 23.0 Å². The van der Waals surface area contributed by atoms with Gasteiger partial charge < -0.3 is 9.26 Å². The minimum absolute atomic E-state index is 0.152. The Morgan fingerprint density at radius 3 is 2.70 bits per heavy atom. The fourth-order valence-corrected chi connectivity index (χ4v) is 0.851. The maximum absolute atomic E-state index is 11.2. The maximum atomic E-state index is 11.2. The molecule has 0 spiro atoms. The van der Waals surface area contributed by atoms with Crippen molar-refractivity contribution in [3.63, 3.8) is 0 Å². The summed E-state index contributed by atoms with van der Waals surface area (Å²) in [5.41, 5.74) is -1.12. The number of carbonyl (C=O) groups excluding carboxylic acids is 1. The molecule has 0 aliphatic rings. The van der Waals surface area contributed by atoms with Gasteiger partial charge in [-0.2, -0.15) is 0 Å². The molecule has 0 saturated carbocycles. The van der Waals surface area contributed by atoms with E-state index < -0.39 is 20.6 Å². The molecule has 60 valence electrons. The lowest BCUT2D eigenvalue weighted by Gasteiger charge is -1.98. The second kappa shape index (κ2) is 5.38. The third-order valence-electron chi connectivity index (χ3n) is 0.628. The first-order valence-electron chi connectivity index (χ1n) is 2.62. The van der Waals surface area contributed by atoms with E-state index in [-0.39, 0.29) is 6.61 Å². The van der Waals surface area contributed by atoms with E-state index in [2.05, 4.69) is 9.26 Å². The smallest absolute Gasteiger partial charge is 0.390 e. The number of hydrogen-bond donors (Lipinski definition) is 0. The first-order chi connectivity index (χ1) is 4.72. The van der Waals surface area contributed by atoms with Gasteiger partial charge in [0.2, 0.25) is 6.86 Å². The highest BCUT2D eigenvalue weighted by Crippen LogP contribution is 2.24. The summed E-state index contributed by atoms with van der Waals surface area (Å²) in [4.78, 5) is 10.3. The van der Waals surface area contributed by atoms with Gasteiger partial charge in [0.25, 0.3) is 8.03 Å². The quantitative estimate of drug-likeness (QED) is 0.600. The van der Waals surface area contributed by atoms with Crippen LogP contribution in [0.15, 0.2) is 0 Å². The monoisotopic (exact) mass is 170 g/mol. The molecule has 0 heterocycles. The molecular formula is C4H8FO4P. The van der Waals surface area contributed by atoms with Crippen LogP contribution in [-0.2, 0) is 13.8 Å². The van der Waals surface area contributed by atoms with Gasteiger partial charge in [-0.15, -0.1) is 0 Å². The van der Waals surface area contributed by atoms with Crippen LogP contribution in [0.1, 0.15) is 6.92 Å². The highest BCUT2D eigenvalue weighted by Gasteiger charge is 2.11. The first kappa shape index (κ1) is 9.59. The molecule has 0 aliphatic heterocycles. The zero-order valence-electron chi connectivity index (χ0n) is 5.43. The van der Waals surface area contributed by atoms with Gasteiger partial charge in [0.05, 0.1) is 6.61 Å². The summed E-state index contributed by atoms with van der Waals surface area (Å²) in [6.07, 6.45) is 0. The number of alkyl halides is 1. The second-order valence-electron chi connectivity index (χ2n) is 1.26. The molecule has 10 heavy (non-hydrogen) atoms. The van der Waals surface area contributed by atoms with Crippen LogP contribution in [0.4, 0.5) is 9.18 Å². The van der Waals surface area contributed by atoms with E-state index in [4.69, 9.17) is 0 Å².